The monoisotopic (exact) mass is 331 g/mol. The van der Waals surface area contributed by atoms with Crippen molar-refractivity contribution in [2.45, 2.75) is 19.0 Å². The molecule has 2 aliphatic heterocycles. The topological polar surface area (TPSA) is 61.4 Å². The number of nitrogens with zero attached hydrogens (tertiary/aromatic N) is 1. The Kier molecular flexibility index (Phi) is 5.35. The van der Waals surface area contributed by atoms with Crippen LogP contribution in [0.2, 0.25) is 0 Å². The average molecular weight is 331 g/mol. The van der Waals surface area contributed by atoms with Gasteiger partial charge in [-0.1, -0.05) is 30.3 Å². The van der Waals surface area contributed by atoms with Crippen molar-refractivity contribution in [2.24, 2.45) is 0 Å². The van der Waals surface area contributed by atoms with Gasteiger partial charge in [-0.05, 0) is 17.6 Å². The molecule has 1 unspecified atom stereocenters. The van der Waals surface area contributed by atoms with Crippen LogP contribution in [0.1, 0.15) is 12.0 Å². The van der Waals surface area contributed by atoms with Gasteiger partial charge in [0.1, 0.15) is 0 Å². The van der Waals surface area contributed by atoms with Crippen LogP contribution in [0.3, 0.4) is 0 Å². The van der Waals surface area contributed by atoms with Crippen molar-refractivity contribution in [2.75, 3.05) is 24.7 Å². The van der Waals surface area contributed by atoms with Gasteiger partial charge < -0.3 is 15.5 Å². The summed E-state index contributed by atoms with van der Waals surface area (Å²) in [6.45, 7) is 1.96. The molecule has 0 spiro atoms. The van der Waals surface area contributed by atoms with Crippen LogP contribution in [-0.4, -0.2) is 47.5 Å². The number of amides is 2. The molecule has 122 valence electrons. The lowest BCUT2D eigenvalue weighted by atomic mass is 10.1. The second kappa shape index (κ2) is 7.66. The molecule has 1 atom stereocenters. The summed E-state index contributed by atoms with van der Waals surface area (Å²) in [5.74, 6) is 1.86. The molecule has 2 saturated heterocycles. The molecule has 5 nitrogen and oxygen atoms in total. The molecule has 2 fully saturated rings. The van der Waals surface area contributed by atoms with Crippen molar-refractivity contribution in [1.82, 2.24) is 15.5 Å². The van der Waals surface area contributed by atoms with E-state index in [0.717, 1.165) is 29.3 Å². The minimum Gasteiger partial charge on any atom is -0.348 e. The lowest BCUT2D eigenvalue weighted by Gasteiger charge is -2.18. The molecule has 0 aliphatic carbocycles. The Balaban J connectivity index is 1.48. The Labute approximate surface area is 140 Å². The molecule has 1 aromatic rings. The first-order chi connectivity index (χ1) is 11.2. The first kappa shape index (κ1) is 16.1. The number of thioether (sulfide) groups is 1. The van der Waals surface area contributed by atoms with Crippen molar-refractivity contribution >= 4 is 23.6 Å². The molecule has 2 amide bonds. The Morgan fingerprint density at radius 2 is 2.17 bits per heavy atom. The third-order valence-electron chi connectivity index (χ3n) is 4.05. The average Bonchev–Trinajstić information content (AvgIpc) is 3.25. The molecule has 23 heavy (non-hydrogen) atoms. The fourth-order valence-electron chi connectivity index (χ4n) is 2.78. The van der Waals surface area contributed by atoms with E-state index in [-0.39, 0.29) is 17.9 Å². The summed E-state index contributed by atoms with van der Waals surface area (Å²) in [6, 6.07) is 9.64. The molecule has 2 heterocycles. The number of rotatable bonds is 4. The molecule has 0 aromatic heterocycles. The second-order valence-electron chi connectivity index (χ2n) is 5.78. The smallest absolute Gasteiger partial charge is 0.244 e. The summed E-state index contributed by atoms with van der Waals surface area (Å²) in [6.07, 6.45) is 2.25. The van der Waals surface area contributed by atoms with Crippen molar-refractivity contribution in [3.8, 4) is 0 Å². The van der Waals surface area contributed by atoms with Crippen molar-refractivity contribution < 1.29 is 9.59 Å². The van der Waals surface area contributed by atoms with E-state index < -0.39 is 0 Å². The zero-order valence-corrected chi connectivity index (χ0v) is 13.8. The van der Waals surface area contributed by atoms with Crippen LogP contribution in [0.25, 0.3) is 0 Å². The SMILES string of the molecule is O=C(C=C1CNC(C(=O)N2CCSC2)C1)NCc1ccccc1. The highest BCUT2D eigenvalue weighted by Gasteiger charge is 2.30. The van der Waals surface area contributed by atoms with Gasteiger partial charge in [0.2, 0.25) is 11.8 Å². The van der Waals surface area contributed by atoms with E-state index in [1.165, 1.54) is 0 Å². The number of hydrogen-bond donors (Lipinski definition) is 2. The van der Waals surface area contributed by atoms with Crippen LogP contribution in [0.5, 0.6) is 0 Å². The fourth-order valence-corrected chi connectivity index (χ4v) is 3.73. The number of carbonyl (C=O) groups is 2. The molecule has 0 bridgehead atoms. The molecule has 0 saturated carbocycles. The van der Waals surface area contributed by atoms with Crippen molar-refractivity contribution in [3.05, 3.63) is 47.5 Å². The lowest BCUT2D eigenvalue weighted by molar-refractivity contribution is -0.131. The normalized spacial score (nSPS) is 22.5. The van der Waals surface area contributed by atoms with E-state index in [1.807, 2.05) is 35.2 Å². The Morgan fingerprint density at radius 3 is 2.91 bits per heavy atom. The van der Waals surface area contributed by atoms with E-state index >= 15 is 0 Å². The standard InChI is InChI=1S/C17H21N3O2S/c21-16(19-10-13-4-2-1-3-5-13)9-14-8-15(18-11-14)17(22)20-6-7-23-12-20/h1-5,9,15,18H,6-8,10-12H2,(H,19,21). The fraction of sp³-hybridized carbons (Fsp3) is 0.412. The maximum absolute atomic E-state index is 12.3. The molecule has 1 aromatic carbocycles. The summed E-state index contributed by atoms with van der Waals surface area (Å²) in [4.78, 5) is 26.2. The predicted molar refractivity (Wildman–Crippen MR) is 91.8 cm³/mol. The van der Waals surface area contributed by atoms with Gasteiger partial charge in [-0.2, -0.15) is 0 Å². The summed E-state index contributed by atoms with van der Waals surface area (Å²) < 4.78 is 0. The minimum atomic E-state index is -0.179. The van der Waals surface area contributed by atoms with Gasteiger partial charge in [0.15, 0.2) is 0 Å². The van der Waals surface area contributed by atoms with Crippen LogP contribution in [0.4, 0.5) is 0 Å². The molecular formula is C17H21N3O2S. The number of benzene rings is 1. The summed E-state index contributed by atoms with van der Waals surface area (Å²) in [5.41, 5.74) is 2.06. The molecule has 3 rings (SSSR count). The number of carbonyl (C=O) groups excluding carboxylic acids is 2. The van der Waals surface area contributed by atoms with Crippen LogP contribution in [0.15, 0.2) is 42.0 Å². The highest BCUT2D eigenvalue weighted by molar-refractivity contribution is 7.99. The largest absolute Gasteiger partial charge is 0.348 e. The van der Waals surface area contributed by atoms with Gasteiger partial charge in [-0.3, -0.25) is 9.59 Å². The van der Waals surface area contributed by atoms with Gasteiger partial charge >= 0.3 is 0 Å². The third kappa shape index (κ3) is 4.36. The first-order valence-corrected chi connectivity index (χ1v) is 8.99. The van der Waals surface area contributed by atoms with E-state index in [0.29, 0.717) is 19.5 Å². The summed E-state index contributed by atoms with van der Waals surface area (Å²) >= 11 is 1.78. The van der Waals surface area contributed by atoms with Crippen molar-refractivity contribution in [1.29, 1.82) is 0 Å². The Morgan fingerprint density at radius 1 is 1.35 bits per heavy atom. The lowest BCUT2D eigenvalue weighted by Crippen LogP contribution is -2.42. The molecule has 6 heteroatoms. The maximum Gasteiger partial charge on any atom is 0.244 e. The zero-order valence-electron chi connectivity index (χ0n) is 13.0. The molecular weight excluding hydrogens is 310 g/mol. The second-order valence-corrected chi connectivity index (χ2v) is 6.86. The quantitative estimate of drug-likeness (QED) is 0.812. The van der Waals surface area contributed by atoms with E-state index in [9.17, 15) is 9.59 Å². The molecule has 2 N–H and O–H groups in total. The zero-order chi connectivity index (χ0) is 16.1. The first-order valence-electron chi connectivity index (χ1n) is 7.83. The van der Waals surface area contributed by atoms with Crippen LogP contribution in [-0.2, 0) is 16.1 Å². The van der Waals surface area contributed by atoms with E-state index in [2.05, 4.69) is 10.6 Å². The van der Waals surface area contributed by atoms with E-state index in [1.54, 1.807) is 17.8 Å². The Hall–Kier alpha value is -1.79. The van der Waals surface area contributed by atoms with E-state index in [4.69, 9.17) is 0 Å². The minimum absolute atomic E-state index is 0.101. The number of hydrogen-bond acceptors (Lipinski definition) is 4. The Bertz CT molecular complexity index is 597. The molecule has 0 radical (unpaired) electrons. The van der Waals surface area contributed by atoms with Gasteiger partial charge in [0.05, 0.1) is 11.9 Å². The summed E-state index contributed by atoms with van der Waals surface area (Å²) in [5, 5.41) is 6.10. The van der Waals surface area contributed by atoms with Gasteiger partial charge in [0.25, 0.3) is 0 Å². The van der Waals surface area contributed by atoms with Crippen molar-refractivity contribution in [3.63, 3.8) is 0 Å². The van der Waals surface area contributed by atoms with Crippen LogP contribution < -0.4 is 10.6 Å². The highest BCUT2D eigenvalue weighted by Crippen LogP contribution is 2.19. The number of nitrogens with one attached hydrogen (secondary N) is 2. The third-order valence-corrected chi connectivity index (χ3v) is 5.01. The molecule has 2 aliphatic rings. The highest BCUT2D eigenvalue weighted by atomic mass is 32.2. The predicted octanol–water partition coefficient (Wildman–Crippen LogP) is 1.12. The van der Waals surface area contributed by atoms with Crippen LogP contribution >= 0.6 is 11.8 Å². The van der Waals surface area contributed by atoms with Gasteiger partial charge in [-0.25, -0.2) is 0 Å². The van der Waals surface area contributed by atoms with Gasteiger partial charge in [0, 0.05) is 31.5 Å². The maximum atomic E-state index is 12.3. The summed E-state index contributed by atoms with van der Waals surface area (Å²) in [7, 11) is 0. The van der Waals surface area contributed by atoms with Crippen LogP contribution in [0, 0.1) is 0 Å². The van der Waals surface area contributed by atoms with Gasteiger partial charge in [-0.15, -0.1) is 11.8 Å².